The van der Waals surface area contributed by atoms with Crippen LogP contribution >= 0.6 is 0 Å². The average molecular weight is 225 g/mol. The van der Waals surface area contributed by atoms with Crippen LogP contribution in [0.5, 0.6) is 0 Å². The fourth-order valence-corrected chi connectivity index (χ4v) is 2.19. The van der Waals surface area contributed by atoms with Crippen molar-refractivity contribution >= 4 is 5.91 Å². The molecule has 0 bridgehead atoms. The van der Waals surface area contributed by atoms with Crippen molar-refractivity contribution in [3.05, 3.63) is 11.6 Å². The molecular formula is C13H23NO2. The van der Waals surface area contributed by atoms with Crippen molar-refractivity contribution in [2.24, 2.45) is 5.92 Å². The summed E-state index contributed by atoms with van der Waals surface area (Å²) in [5.41, 5.74) is 0.771. The van der Waals surface area contributed by atoms with Gasteiger partial charge in [0.1, 0.15) is 0 Å². The minimum absolute atomic E-state index is 0.000349. The van der Waals surface area contributed by atoms with E-state index in [2.05, 4.69) is 5.32 Å². The molecule has 92 valence electrons. The smallest absolute Gasteiger partial charge is 0.246 e. The molecule has 0 heterocycles. The maximum atomic E-state index is 11.6. The van der Waals surface area contributed by atoms with Crippen LogP contribution in [-0.2, 0) is 4.79 Å². The van der Waals surface area contributed by atoms with Crippen molar-refractivity contribution in [1.29, 1.82) is 0 Å². The second kappa shape index (κ2) is 6.69. The highest BCUT2D eigenvalue weighted by atomic mass is 16.3. The molecule has 0 aromatic carbocycles. The lowest BCUT2D eigenvalue weighted by Gasteiger charge is -2.27. The Balaban J connectivity index is 2.33. The molecule has 1 saturated carbocycles. The highest BCUT2D eigenvalue weighted by Crippen LogP contribution is 2.23. The van der Waals surface area contributed by atoms with Gasteiger partial charge in [0.25, 0.3) is 0 Å². The minimum Gasteiger partial charge on any atom is -0.393 e. The first-order chi connectivity index (χ1) is 7.65. The summed E-state index contributed by atoms with van der Waals surface area (Å²) >= 11 is 0. The number of hydrogen-bond donors (Lipinski definition) is 2. The Morgan fingerprint density at radius 3 is 2.75 bits per heavy atom. The maximum absolute atomic E-state index is 11.6. The summed E-state index contributed by atoms with van der Waals surface area (Å²) in [6.07, 6.45) is 6.76. The second-order valence-corrected chi connectivity index (χ2v) is 4.62. The van der Waals surface area contributed by atoms with Crippen LogP contribution in [0.1, 0.15) is 46.0 Å². The Morgan fingerprint density at radius 2 is 2.12 bits per heavy atom. The van der Waals surface area contributed by atoms with E-state index < -0.39 is 0 Å². The summed E-state index contributed by atoms with van der Waals surface area (Å²) in [6, 6.07) is 0. The van der Waals surface area contributed by atoms with E-state index in [1.807, 2.05) is 19.9 Å². The number of rotatable bonds is 4. The van der Waals surface area contributed by atoms with Gasteiger partial charge in [-0.2, -0.15) is 0 Å². The van der Waals surface area contributed by atoms with Crippen LogP contribution < -0.4 is 5.32 Å². The monoisotopic (exact) mass is 225 g/mol. The molecule has 0 radical (unpaired) electrons. The third-order valence-electron chi connectivity index (χ3n) is 3.26. The van der Waals surface area contributed by atoms with E-state index >= 15 is 0 Å². The van der Waals surface area contributed by atoms with Crippen LogP contribution in [0.4, 0.5) is 0 Å². The number of carbonyl (C=O) groups is 1. The van der Waals surface area contributed by atoms with E-state index in [0.29, 0.717) is 6.54 Å². The Labute approximate surface area is 97.9 Å². The normalized spacial score (nSPS) is 26.6. The van der Waals surface area contributed by atoms with Gasteiger partial charge in [-0.25, -0.2) is 0 Å². The summed E-state index contributed by atoms with van der Waals surface area (Å²) < 4.78 is 0. The highest BCUT2D eigenvalue weighted by molar-refractivity contribution is 5.92. The minimum atomic E-state index is -0.232. The van der Waals surface area contributed by atoms with Crippen molar-refractivity contribution in [1.82, 2.24) is 5.32 Å². The van der Waals surface area contributed by atoms with E-state index in [1.54, 1.807) is 0 Å². The zero-order valence-electron chi connectivity index (χ0n) is 10.3. The molecular weight excluding hydrogens is 202 g/mol. The summed E-state index contributed by atoms with van der Waals surface area (Å²) in [5.74, 6) is 0.242. The Kier molecular flexibility index (Phi) is 5.53. The number of aliphatic hydroxyl groups is 1. The van der Waals surface area contributed by atoms with Crippen LogP contribution in [0.15, 0.2) is 11.6 Å². The van der Waals surface area contributed by atoms with E-state index in [-0.39, 0.29) is 17.9 Å². The van der Waals surface area contributed by atoms with Gasteiger partial charge in [0.2, 0.25) is 5.91 Å². The number of allylic oxidation sites excluding steroid dienone is 1. The quantitative estimate of drug-likeness (QED) is 0.719. The molecule has 1 aliphatic carbocycles. The predicted molar refractivity (Wildman–Crippen MR) is 65.0 cm³/mol. The molecule has 2 unspecified atom stereocenters. The predicted octanol–water partition coefficient (Wildman–Crippen LogP) is 2.01. The van der Waals surface area contributed by atoms with Gasteiger partial charge in [0, 0.05) is 18.0 Å². The topological polar surface area (TPSA) is 49.3 Å². The van der Waals surface area contributed by atoms with Gasteiger partial charge in [-0.05, 0) is 26.2 Å². The summed E-state index contributed by atoms with van der Waals surface area (Å²) in [5, 5.41) is 12.7. The summed E-state index contributed by atoms with van der Waals surface area (Å²) in [7, 11) is 0. The maximum Gasteiger partial charge on any atom is 0.246 e. The second-order valence-electron chi connectivity index (χ2n) is 4.62. The number of carbonyl (C=O) groups excluding carboxylic acids is 1. The first-order valence-electron chi connectivity index (χ1n) is 6.28. The van der Waals surface area contributed by atoms with Gasteiger partial charge >= 0.3 is 0 Å². The van der Waals surface area contributed by atoms with Gasteiger partial charge in [-0.15, -0.1) is 0 Å². The molecule has 0 aromatic heterocycles. The number of hydrogen-bond acceptors (Lipinski definition) is 2. The molecule has 1 amide bonds. The van der Waals surface area contributed by atoms with Gasteiger partial charge in [0.05, 0.1) is 6.10 Å². The zero-order chi connectivity index (χ0) is 12.0. The van der Waals surface area contributed by atoms with Crippen molar-refractivity contribution in [2.75, 3.05) is 6.54 Å². The van der Waals surface area contributed by atoms with Crippen LogP contribution in [0.2, 0.25) is 0 Å². The molecule has 1 rings (SSSR count). The van der Waals surface area contributed by atoms with Crippen molar-refractivity contribution in [3.63, 3.8) is 0 Å². The van der Waals surface area contributed by atoms with Gasteiger partial charge in [-0.1, -0.05) is 25.8 Å². The Morgan fingerprint density at radius 1 is 1.44 bits per heavy atom. The molecule has 3 heteroatoms. The SMILES string of the molecule is CCC=C(C)C(=O)NCC1CCCCC1O. The molecule has 2 atom stereocenters. The summed E-state index contributed by atoms with van der Waals surface area (Å²) in [4.78, 5) is 11.6. The third kappa shape index (κ3) is 3.97. The number of amides is 1. The Hall–Kier alpha value is -0.830. The number of aliphatic hydroxyl groups excluding tert-OH is 1. The van der Waals surface area contributed by atoms with E-state index in [4.69, 9.17) is 0 Å². The van der Waals surface area contributed by atoms with E-state index in [0.717, 1.165) is 31.3 Å². The molecule has 1 fully saturated rings. The van der Waals surface area contributed by atoms with Crippen LogP contribution in [-0.4, -0.2) is 23.7 Å². The summed E-state index contributed by atoms with van der Waals surface area (Å²) in [6.45, 7) is 4.45. The standard InChI is InChI=1S/C13H23NO2/c1-3-6-10(2)13(16)14-9-11-7-4-5-8-12(11)15/h6,11-12,15H,3-5,7-9H2,1-2H3,(H,14,16). The van der Waals surface area contributed by atoms with Crippen LogP contribution in [0.3, 0.4) is 0 Å². The lowest BCUT2D eigenvalue weighted by molar-refractivity contribution is -0.117. The molecule has 0 aliphatic heterocycles. The fraction of sp³-hybridized carbons (Fsp3) is 0.769. The molecule has 0 aromatic rings. The molecule has 16 heavy (non-hydrogen) atoms. The molecule has 1 aliphatic rings. The molecule has 2 N–H and O–H groups in total. The zero-order valence-corrected chi connectivity index (χ0v) is 10.3. The van der Waals surface area contributed by atoms with E-state index in [1.165, 1.54) is 6.42 Å². The Bertz CT molecular complexity index is 261. The molecule has 3 nitrogen and oxygen atoms in total. The molecule has 0 spiro atoms. The first kappa shape index (κ1) is 13.2. The van der Waals surface area contributed by atoms with Crippen LogP contribution in [0, 0.1) is 5.92 Å². The van der Waals surface area contributed by atoms with Crippen molar-refractivity contribution in [2.45, 2.75) is 52.1 Å². The van der Waals surface area contributed by atoms with E-state index in [9.17, 15) is 9.90 Å². The van der Waals surface area contributed by atoms with Crippen LogP contribution in [0.25, 0.3) is 0 Å². The van der Waals surface area contributed by atoms with Gasteiger partial charge in [-0.3, -0.25) is 4.79 Å². The lowest BCUT2D eigenvalue weighted by Crippen LogP contribution is -2.36. The average Bonchev–Trinajstić information content (AvgIpc) is 2.28. The van der Waals surface area contributed by atoms with Crippen molar-refractivity contribution in [3.8, 4) is 0 Å². The van der Waals surface area contributed by atoms with Crippen molar-refractivity contribution < 1.29 is 9.90 Å². The van der Waals surface area contributed by atoms with Gasteiger partial charge in [0.15, 0.2) is 0 Å². The highest BCUT2D eigenvalue weighted by Gasteiger charge is 2.23. The molecule has 0 saturated heterocycles. The fourth-order valence-electron chi connectivity index (χ4n) is 2.19. The first-order valence-corrected chi connectivity index (χ1v) is 6.28. The largest absolute Gasteiger partial charge is 0.393 e. The third-order valence-corrected chi connectivity index (χ3v) is 3.26. The number of nitrogens with one attached hydrogen (secondary N) is 1. The lowest BCUT2D eigenvalue weighted by atomic mass is 9.86. The van der Waals surface area contributed by atoms with Gasteiger partial charge < -0.3 is 10.4 Å².